The van der Waals surface area contributed by atoms with Crippen LogP contribution in [0.25, 0.3) is 0 Å². The Morgan fingerprint density at radius 1 is 1.24 bits per heavy atom. The van der Waals surface area contributed by atoms with E-state index in [1.807, 2.05) is 6.92 Å². The van der Waals surface area contributed by atoms with Crippen LogP contribution in [0.2, 0.25) is 5.02 Å². The second-order valence-corrected chi connectivity index (χ2v) is 5.16. The highest BCUT2D eigenvalue weighted by atomic mass is 35.5. The monoisotopic (exact) mass is 304 g/mol. The Kier molecular flexibility index (Phi) is 4.70. The number of nitrogen functional groups attached to an aromatic ring is 1. The number of benzene rings is 2. The van der Waals surface area contributed by atoms with Gasteiger partial charge in [-0.3, -0.25) is 4.79 Å². The van der Waals surface area contributed by atoms with Crippen molar-refractivity contribution in [3.05, 3.63) is 53.1 Å². The number of hydrogen-bond donors (Lipinski definition) is 2. The van der Waals surface area contributed by atoms with Crippen LogP contribution in [-0.2, 0) is 4.79 Å². The summed E-state index contributed by atoms with van der Waals surface area (Å²) >= 11 is 5.80. The first-order valence-corrected chi connectivity index (χ1v) is 6.93. The van der Waals surface area contributed by atoms with Crippen molar-refractivity contribution in [3.8, 4) is 5.75 Å². The Balaban J connectivity index is 2.02. The van der Waals surface area contributed by atoms with E-state index in [1.54, 1.807) is 49.4 Å². The highest BCUT2D eigenvalue weighted by molar-refractivity contribution is 6.30. The maximum atomic E-state index is 12.1. The Morgan fingerprint density at radius 3 is 2.57 bits per heavy atom. The van der Waals surface area contributed by atoms with Crippen LogP contribution >= 0.6 is 11.6 Å². The van der Waals surface area contributed by atoms with Gasteiger partial charge in [0.1, 0.15) is 5.75 Å². The fourth-order valence-corrected chi connectivity index (χ4v) is 1.92. The fraction of sp³-hybridized carbons (Fsp3) is 0.188. The van der Waals surface area contributed by atoms with Gasteiger partial charge in [0.25, 0.3) is 5.91 Å². The van der Waals surface area contributed by atoms with E-state index in [-0.39, 0.29) is 5.91 Å². The van der Waals surface area contributed by atoms with Crippen LogP contribution in [0.15, 0.2) is 42.5 Å². The lowest BCUT2D eigenvalue weighted by Gasteiger charge is -2.16. The highest BCUT2D eigenvalue weighted by Gasteiger charge is 2.16. The second-order valence-electron chi connectivity index (χ2n) is 4.72. The average Bonchev–Trinajstić information content (AvgIpc) is 2.46. The van der Waals surface area contributed by atoms with Gasteiger partial charge in [0.15, 0.2) is 6.10 Å². The predicted molar refractivity (Wildman–Crippen MR) is 85.8 cm³/mol. The molecule has 4 nitrogen and oxygen atoms in total. The van der Waals surface area contributed by atoms with E-state index >= 15 is 0 Å². The summed E-state index contributed by atoms with van der Waals surface area (Å²) in [5.74, 6) is 0.352. The quantitative estimate of drug-likeness (QED) is 0.848. The summed E-state index contributed by atoms with van der Waals surface area (Å²) in [6.45, 7) is 3.54. The van der Waals surface area contributed by atoms with Gasteiger partial charge in [-0.25, -0.2) is 0 Å². The molecule has 110 valence electrons. The molecular formula is C16H17ClN2O2. The van der Waals surface area contributed by atoms with Crippen molar-refractivity contribution in [1.29, 1.82) is 0 Å². The van der Waals surface area contributed by atoms with Crippen LogP contribution in [0.3, 0.4) is 0 Å². The molecule has 2 aromatic rings. The molecule has 5 heteroatoms. The first kappa shape index (κ1) is 15.2. The first-order chi connectivity index (χ1) is 9.97. The van der Waals surface area contributed by atoms with E-state index in [9.17, 15) is 4.79 Å². The molecule has 0 heterocycles. The molecule has 1 amide bonds. The molecule has 0 radical (unpaired) electrons. The molecule has 0 aromatic heterocycles. The Bertz CT molecular complexity index is 641. The van der Waals surface area contributed by atoms with E-state index in [0.29, 0.717) is 22.1 Å². The molecule has 1 atom stereocenters. The Hall–Kier alpha value is -2.20. The number of halogens is 1. The molecule has 0 fully saturated rings. The van der Waals surface area contributed by atoms with Crippen molar-refractivity contribution in [2.45, 2.75) is 20.0 Å². The average molecular weight is 305 g/mol. The van der Waals surface area contributed by atoms with E-state index in [2.05, 4.69) is 5.32 Å². The van der Waals surface area contributed by atoms with Gasteiger partial charge in [-0.1, -0.05) is 17.7 Å². The molecule has 0 aliphatic carbocycles. The third-order valence-corrected chi connectivity index (χ3v) is 3.38. The number of rotatable bonds is 4. The van der Waals surface area contributed by atoms with Crippen molar-refractivity contribution < 1.29 is 9.53 Å². The van der Waals surface area contributed by atoms with Gasteiger partial charge in [-0.15, -0.1) is 0 Å². The zero-order chi connectivity index (χ0) is 15.4. The lowest BCUT2D eigenvalue weighted by molar-refractivity contribution is -0.122. The zero-order valence-corrected chi connectivity index (χ0v) is 12.6. The minimum atomic E-state index is -0.632. The maximum absolute atomic E-state index is 12.1. The molecule has 0 saturated carbocycles. The lowest BCUT2D eigenvalue weighted by atomic mass is 10.1. The van der Waals surface area contributed by atoms with Crippen LogP contribution in [-0.4, -0.2) is 12.0 Å². The third kappa shape index (κ3) is 3.89. The first-order valence-electron chi connectivity index (χ1n) is 6.55. The van der Waals surface area contributed by atoms with Crippen molar-refractivity contribution in [3.63, 3.8) is 0 Å². The molecule has 0 spiro atoms. The molecule has 2 rings (SSSR count). The summed E-state index contributed by atoms with van der Waals surface area (Å²) in [6, 6.07) is 12.3. The van der Waals surface area contributed by atoms with Gasteiger partial charge in [0.2, 0.25) is 0 Å². The van der Waals surface area contributed by atoms with Crippen LogP contribution < -0.4 is 15.8 Å². The number of ether oxygens (including phenoxy) is 1. The Morgan fingerprint density at radius 2 is 1.90 bits per heavy atom. The number of nitrogens with one attached hydrogen (secondary N) is 1. The molecule has 2 aromatic carbocycles. The molecule has 0 bridgehead atoms. The van der Waals surface area contributed by atoms with Crippen LogP contribution in [0.5, 0.6) is 5.75 Å². The van der Waals surface area contributed by atoms with E-state index < -0.39 is 6.10 Å². The number of hydrogen-bond acceptors (Lipinski definition) is 3. The molecular weight excluding hydrogens is 288 g/mol. The maximum Gasteiger partial charge on any atom is 0.265 e. The van der Waals surface area contributed by atoms with Gasteiger partial charge < -0.3 is 15.8 Å². The minimum absolute atomic E-state index is 0.237. The molecule has 0 saturated heterocycles. The number of anilines is 2. The largest absolute Gasteiger partial charge is 0.481 e. The van der Waals surface area contributed by atoms with Crippen molar-refractivity contribution in [2.75, 3.05) is 11.1 Å². The number of carbonyl (C=O) groups is 1. The lowest BCUT2D eigenvalue weighted by Crippen LogP contribution is -2.30. The van der Waals surface area contributed by atoms with E-state index in [4.69, 9.17) is 22.1 Å². The molecule has 0 unspecified atom stereocenters. The molecule has 0 aliphatic rings. The summed E-state index contributed by atoms with van der Waals surface area (Å²) in [7, 11) is 0. The van der Waals surface area contributed by atoms with E-state index in [1.165, 1.54) is 0 Å². The number of amides is 1. The highest BCUT2D eigenvalue weighted by Crippen LogP contribution is 2.21. The van der Waals surface area contributed by atoms with Crippen LogP contribution in [0.1, 0.15) is 12.5 Å². The Labute approximate surface area is 128 Å². The summed E-state index contributed by atoms with van der Waals surface area (Å²) in [5.41, 5.74) is 7.98. The second kappa shape index (κ2) is 6.50. The van der Waals surface area contributed by atoms with Crippen molar-refractivity contribution in [1.82, 2.24) is 0 Å². The predicted octanol–water partition coefficient (Wildman–Crippen LogP) is 3.64. The van der Waals surface area contributed by atoms with Crippen molar-refractivity contribution in [2.24, 2.45) is 0 Å². The topological polar surface area (TPSA) is 64.3 Å². The molecule has 3 N–H and O–H groups in total. The van der Waals surface area contributed by atoms with Crippen molar-refractivity contribution >= 4 is 28.9 Å². The molecule has 21 heavy (non-hydrogen) atoms. The summed E-state index contributed by atoms with van der Waals surface area (Å²) in [6.07, 6.45) is -0.632. The van der Waals surface area contributed by atoms with Gasteiger partial charge in [-0.2, -0.15) is 0 Å². The van der Waals surface area contributed by atoms with Gasteiger partial charge in [-0.05, 0) is 55.8 Å². The van der Waals surface area contributed by atoms with Crippen LogP contribution in [0.4, 0.5) is 11.4 Å². The summed E-state index contributed by atoms with van der Waals surface area (Å²) < 4.78 is 5.57. The number of carbonyl (C=O) groups excluding carboxylic acids is 1. The van der Waals surface area contributed by atoms with Crippen LogP contribution in [0, 0.1) is 6.92 Å². The molecule has 0 aliphatic heterocycles. The SMILES string of the molecule is Cc1c(N)cccc1NC(=O)[C@H](C)Oc1ccc(Cl)cc1. The third-order valence-electron chi connectivity index (χ3n) is 3.13. The minimum Gasteiger partial charge on any atom is -0.481 e. The van der Waals surface area contributed by atoms with Gasteiger partial charge in [0.05, 0.1) is 0 Å². The van der Waals surface area contributed by atoms with Gasteiger partial charge >= 0.3 is 0 Å². The summed E-state index contributed by atoms with van der Waals surface area (Å²) in [4.78, 5) is 12.1. The normalized spacial score (nSPS) is 11.8. The summed E-state index contributed by atoms with van der Waals surface area (Å²) in [5, 5.41) is 3.43. The smallest absolute Gasteiger partial charge is 0.265 e. The zero-order valence-electron chi connectivity index (χ0n) is 11.9. The standard InChI is InChI=1S/C16H17ClN2O2/c1-10-14(18)4-3-5-15(10)19-16(20)11(2)21-13-8-6-12(17)7-9-13/h3-9,11H,18H2,1-2H3,(H,19,20)/t11-/m0/s1. The van der Waals surface area contributed by atoms with Gasteiger partial charge in [0, 0.05) is 16.4 Å². The van der Waals surface area contributed by atoms with E-state index in [0.717, 1.165) is 5.56 Å². The fourth-order valence-electron chi connectivity index (χ4n) is 1.79. The number of nitrogens with two attached hydrogens (primary N) is 1.